The Balaban J connectivity index is 2.14. The summed E-state index contributed by atoms with van der Waals surface area (Å²) in [6.07, 6.45) is 0. The van der Waals surface area contributed by atoms with Crippen LogP contribution in [0.3, 0.4) is 0 Å². The molecule has 3 N–H and O–H groups in total. The van der Waals surface area contributed by atoms with Gasteiger partial charge in [0.1, 0.15) is 0 Å². The minimum absolute atomic E-state index is 0.130. The molecule has 0 atom stereocenters. The van der Waals surface area contributed by atoms with Crippen molar-refractivity contribution < 1.29 is 9.59 Å². The van der Waals surface area contributed by atoms with E-state index < -0.39 is 5.91 Å². The maximum absolute atomic E-state index is 12.3. The molecule has 0 aliphatic carbocycles. The van der Waals surface area contributed by atoms with Crippen LogP contribution < -0.4 is 11.1 Å². The van der Waals surface area contributed by atoms with Crippen LogP contribution in [0, 0.1) is 0 Å². The number of primary amides is 1. The third-order valence-electron chi connectivity index (χ3n) is 2.60. The topological polar surface area (TPSA) is 72.2 Å². The van der Waals surface area contributed by atoms with E-state index in [1.165, 1.54) is 11.8 Å². The Kier molecular flexibility index (Phi) is 5.25. The van der Waals surface area contributed by atoms with Crippen molar-refractivity contribution in [1.29, 1.82) is 0 Å². The minimum Gasteiger partial charge on any atom is -0.369 e. The van der Waals surface area contributed by atoms with Crippen molar-refractivity contribution in [2.75, 3.05) is 11.1 Å². The molecule has 2 rings (SSSR count). The fraction of sp³-hybridized carbons (Fsp3) is 0.0667. The fourth-order valence-electron chi connectivity index (χ4n) is 1.66. The number of benzene rings is 2. The lowest BCUT2D eigenvalue weighted by Gasteiger charge is -2.09. The summed E-state index contributed by atoms with van der Waals surface area (Å²) in [5.41, 5.74) is 6.28. The standard InChI is InChI=1S/C15H13ClN2O2S/c16-10-5-7-11(8-6-10)18-15(20)12-3-1-2-4-13(12)21-9-14(17)19/h1-8H,9H2,(H2,17,19)(H,18,20). The number of nitrogens with one attached hydrogen (secondary N) is 1. The third kappa shape index (κ3) is 4.51. The molecule has 2 aromatic rings. The number of thioether (sulfide) groups is 1. The first-order valence-corrected chi connectivity index (χ1v) is 7.49. The van der Waals surface area contributed by atoms with Crippen LogP contribution in [-0.4, -0.2) is 17.6 Å². The zero-order valence-electron chi connectivity index (χ0n) is 11.0. The van der Waals surface area contributed by atoms with Gasteiger partial charge in [0.05, 0.1) is 11.3 Å². The zero-order chi connectivity index (χ0) is 15.2. The summed E-state index contributed by atoms with van der Waals surface area (Å²) in [5, 5.41) is 3.39. The smallest absolute Gasteiger partial charge is 0.256 e. The SMILES string of the molecule is NC(=O)CSc1ccccc1C(=O)Nc1ccc(Cl)cc1. The van der Waals surface area contributed by atoms with E-state index in [1.54, 1.807) is 42.5 Å². The van der Waals surface area contributed by atoms with Crippen LogP contribution >= 0.6 is 23.4 Å². The van der Waals surface area contributed by atoms with Gasteiger partial charge in [0.15, 0.2) is 0 Å². The van der Waals surface area contributed by atoms with E-state index in [1.807, 2.05) is 6.07 Å². The number of hydrogen-bond acceptors (Lipinski definition) is 3. The van der Waals surface area contributed by atoms with Crippen molar-refractivity contribution in [2.45, 2.75) is 4.90 Å². The van der Waals surface area contributed by atoms with Gasteiger partial charge in [-0.3, -0.25) is 9.59 Å². The van der Waals surface area contributed by atoms with Gasteiger partial charge < -0.3 is 11.1 Å². The fourth-order valence-corrected chi connectivity index (χ4v) is 2.58. The highest BCUT2D eigenvalue weighted by atomic mass is 35.5. The molecule has 2 aromatic carbocycles. The van der Waals surface area contributed by atoms with Crippen LogP contribution in [0.1, 0.15) is 10.4 Å². The van der Waals surface area contributed by atoms with Crippen molar-refractivity contribution in [1.82, 2.24) is 0 Å². The van der Waals surface area contributed by atoms with E-state index in [4.69, 9.17) is 17.3 Å². The molecule has 0 saturated carbocycles. The summed E-state index contributed by atoms with van der Waals surface area (Å²) >= 11 is 7.04. The summed E-state index contributed by atoms with van der Waals surface area (Å²) in [6.45, 7) is 0. The molecule has 6 heteroatoms. The average molecular weight is 321 g/mol. The lowest BCUT2D eigenvalue weighted by molar-refractivity contribution is -0.115. The number of carbonyl (C=O) groups excluding carboxylic acids is 2. The minimum atomic E-state index is -0.423. The lowest BCUT2D eigenvalue weighted by Crippen LogP contribution is -2.15. The molecular formula is C15H13ClN2O2S. The summed E-state index contributed by atoms with van der Waals surface area (Å²) in [7, 11) is 0. The second-order valence-corrected chi connectivity index (χ2v) is 5.67. The van der Waals surface area contributed by atoms with Crippen molar-refractivity contribution >= 4 is 40.9 Å². The Labute approximate surface area is 131 Å². The normalized spacial score (nSPS) is 10.1. The van der Waals surface area contributed by atoms with Gasteiger partial charge in [-0.05, 0) is 36.4 Å². The molecule has 0 aliphatic heterocycles. The van der Waals surface area contributed by atoms with Crippen molar-refractivity contribution in [2.24, 2.45) is 5.73 Å². The Morgan fingerprint density at radius 2 is 1.76 bits per heavy atom. The van der Waals surface area contributed by atoms with Crippen molar-refractivity contribution in [3.8, 4) is 0 Å². The molecule has 0 spiro atoms. The van der Waals surface area contributed by atoms with Gasteiger partial charge in [-0.15, -0.1) is 11.8 Å². The molecule has 0 aliphatic rings. The summed E-state index contributed by atoms with van der Waals surface area (Å²) in [5.74, 6) is -0.539. The molecule has 2 amide bonds. The number of hydrogen-bond donors (Lipinski definition) is 2. The van der Waals surface area contributed by atoms with Gasteiger partial charge in [-0.25, -0.2) is 0 Å². The molecule has 21 heavy (non-hydrogen) atoms. The quantitative estimate of drug-likeness (QED) is 0.831. The van der Waals surface area contributed by atoms with E-state index in [2.05, 4.69) is 5.32 Å². The van der Waals surface area contributed by atoms with Crippen LogP contribution in [0.25, 0.3) is 0 Å². The number of halogens is 1. The highest BCUT2D eigenvalue weighted by Gasteiger charge is 2.12. The Morgan fingerprint density at radius 1 is 1.10 bits per heavy atom. The highest BCUT2D eigenvalue weighted by molar-refractivity contribution is 8.00. The first kappa shape index (κ1) is 15.4. The number of carbonyl (C=O) groups is 2. The van der Waals surface area contributed by atoms with Crippen LogP contribution in [0.2, 0.25) is 5.02 Å². The van der Waals surface area contributed by atoms with E-state index in [-0.39, 0.29) is 11.7 Å². The molecule has 0 fully saturated rings. The first-order valence-electron chi connectivity index (χ1n) is 6.13. The van der Waals surface area contributed by atoms with E-state index in [9.17, 15) is 9.59 Å². The Hall–Kier alpha value is -1.98. The molecule has 0 unspecified atom stereocenters. The maximum atomic E-state index is 12.3. The molecule has 0 bridgehead atoms. The third-order valence-corrected chi connectivity index (χ3v) is 3.95. The van der Waals surface area contributed by atoms with Crippen molar-refractivity contribution in [3.63, 3.8) is 0 Å². The molecule has 4 nitrogen and oxygen atoms in total. The molecule has 0 heterocycles. The summed E-state index contributed by atoms with van der Waals surface area (Å²) in [4.78, 5) is 23.9. The van der Waals surface area contributed by atoms with Gasteiger partial charge >= 0.3 is 0 Å². The Morgan fingerprint density at radius 3 is 2.43 bits per heavy atom. The summed E-state index contributed by atoms with van der Waals surface area (Å²) < 4.78 is 0. The lowest BCUT2D eigenvalue weighted by atomic mass is 10.2. The van der Waals surface area contributed by atoms with E-state index in [0.717, 1.165) is 0 Å². The predicted octanol–water partition coefficient (Wildman–Crippen LogP) is 3.17. The monoisotopic (exact) mass is 320 g/mol. The van der Waals surface area contributed by atoms with Gasteiger partial charge in [-0.2, -0.15) is 0 Å². The van der Waals surface area contributed by atoms with Crippen molar-refractivity contribution in [3.05, 3.63) is 59.1 Å². The molecule has 0 saturated heterocycles. The number of nitrogens with two attached hydrogens (primary N) is 1. The molecular weight excluding hydrogens is 308 g/mol. The summed E-state index contributed by atoms with van der Waals surface area (Å²) in [6, 6.07) is 13.9. The van der Waals surface area contributed by atoms with Crippen LogP contribution in [0.4, 0.5) is 5.69 Å². The van der Waals surface area contributed by atoms with Crippen LogP contribution in [0.5, 0.6) is 0 Å². The maximum Gasteiger partial charge on any atom is 0.256 e. The van der Waals surface area contributed by atoms with E-state index in [0.29, 0.717) is 21.2 Å². The van der Waals surface area contributed by atoms with Crippen LogP contribution in [-0.2, 0) is 4.79 Å². The van der Waals surface area contributed by atoms with E-state index >= 15 is 0 Å². The largest absolute Gasteiger partial charge is 0.369 e. The van der Waals surface area contributed by atoms with Gasteiger partial charge in [0.25, 0.3) is 5.91 Å². The molecule has 0 radical (unpaired) electrons. The zero-order valence-corrected chi connectivity index (χ0v) is 12.6. The molecule has 0 aromatic heterocycles. The first-order chi connectivity index (χ1) is 10.1. The van der Waals surface area contributed by atoms with Gasteiger partial charge in [-0.1, -0.05) is 23.7 Å². The van der Waals surface area contributed by atoms with Crippen LogP contribution in [0.15, 0.2) is 53.4 Å². The van der Waals surface area contributed by atoms with Gasteiger partial charge in [0.2, 0.25) is 5.91 Å². The van der Waals surface area contributed by atoms with Gasteiger partial charge in [0, 0.05) is 15.6 Å². The Bertz CT molecular complexity index is 659. The highest BCUT2D eigenvalue weighted by Crippen LogP contribution is 2.23. The number of amides is 2. The number of rotatable bonds is 5. The molecule has 108 valence electrons. The second kappa shape index (κ2) is 7.15. The second-order valence-electron chi connectivity index (χ2n) is 4.21. The number of anilines is 1. The predicted molar refractivity (Wildman–Crippen MR) is 85.8 cm³/mol. The average Bonchev–Trinajstić information content (AvgIpc) is 2.47.